The highest BCUT2D eigenvalue weighted by Crippen LogP contribution is 2.22. The van der Waals surface area contributed by atoms with Crippen molar-refractivity contribution in [1.82, 2.24) is 25.7 Å². The molecular weight excluding hydrogens is 266 g/mol. The quantitative estimate of drug-likeness (QED) is 0.786. The minimum atomic E-state index is 0.551. The van der Waals surface area contributed by atoms with Gasteiger partial charge >= 0.3 is 0 Å². The average Bonchev–Trinajstić information content (AvgIpc) is 3.20. The molecule has 6 heteroatoms. The number of nitrogens with zero attached hydrogens (tertiary/aromatic N) is 4. The van der Waals surface area contributed by atoms with E-state index in [-0.39, 0.29) is 0 Å². The van der Waals surface area contributed by atoms with Crippen molar-refractivity contribution in [1.29, 1.82) is 0 Å². The van der Waals surface area contributed by atoms with E-state index >= 15 is 0 Å². The van der Waals surface area contributed by atoms with E-state index in [0.29, 0.717) is 11.8 Å². The lowest BCUT2D eigenvalue weighted by atomic mass is 10.1. The molecule has 0 amide bonds. The maximum atomic E-state index is 5.77. The molecule has 2 aromatic heterocycles. The third kappa shape index (κ3) is 3.64. The van der Waals surface area contributed by atoms with Crippen LogP contribution < -0.4 is 5.32 Å². The fourth-order valence-corrected chi connectivity index (χ4v) is 2.26. The van der Waals surface area contributed by atoms with Gasteiger partial charge < -0.3 is 9.73 Å². The van der Waals surface area contributed by atoms with Gasteiger partial charge in [-0.2, -0.15) is 10.2 Å². The Labute approximate surface area is 124 Å². The summed E-state index contributed by atoms with van der Waals surface area (Å²) in [4.78, 5) is 0. The van der Waals surface area contributed by atoms with Gasteiger partial charge in [-0.3, -0.25) is 0 Å². The molecule has 0 unspecified atom stereocenters. The van der Waals surface area contributed by atoms with Gasteiger partial charge in [0.25, 0.3) is 0 Å². The standard InChI is InChI=1S/C15H21N5O/c1-3-13-12(9-10(2)17-18-13)15-20-19-14(21-15)5-4-8-16-11-6-7-11/h9,11,16H,3-8H2,1-2H3. The third-order valence-electron chi connectivity index (χ3n) is 3.60. The summed E-state index contributed by atoms with van der Waals surface area (Å²) >= 11 is 0. The lowest BCUT2D eigenvalue weighted by Crippen LogP contribution is -2.17. The zero-order valence-electron chi connectivity index (χ0n) is 12.6. The van der Waals surface area contributed by atoms with Crippen molar-refractivity contribution < 1.29 is 4.42 Å². The normalized spacial score (nSPS) is 14.6. The summed E-state index contributed by atoms with van der Waals surface area (Å²) in [5.74, 6) is 1.24. The number of aryl methyl sites for hydroxylation is 3. The number of nitrogens with one attached hydrogen (secondary N) is 1. The van der Waals surface area contributed by atoms with Crippen LogP contribution in [0.5, 0.6) is 0 Å². The first-order valence-electron chi connectivity index (χ1n) is 7.65. The predicted molar refractivity (Wildman–Crippen MR) is 78.8 cm³/mol. The van der Waals surface area contributed by atoms with Gasteiger partial charge in [-0.05, 0) is 45.2 Å². The molecule has 0 spiro atoms. The molecule has 0 atom stereocenters. The summed E-state index contributed by atoms with van der Waals surface area (Å²) < 4.78 is 5.77. The molecular formula is C15H21N5O. The summed E-state index contributed by atoms with van der Waals surface area (Å²) in [6, 6.07) is 2.71. The second kappa shape index (κ2) is 6.30. The molecule has 2 heterocycles. The second-order valence-electron chi connectivity index (χ2n) is 5.53. The van der Waals surface area contributed by atoms with Crippen LogP contribution in [-0.4, -0.2) is 33.0 Å². The van der Waals surface area contributed by atoms with Crippen molar-refractivity contribution in [2.24, 2.45) is 0 Å². The molecule has 0 aliphatic heterocycles. The minimum absolute atomic E-state index is 0.551. The van der Waals surface area contributed by atoms with Crippen LogP contribution in [0.1, 0.15) is 43.5 Å². The highest BCUT2D eigenvalue weighted by molar-refractivity contribution is 5.56. The Bertz CT molecular complexity index is 606. The maximum Gasteiger partial charge on any atom is 0.249 e. The van der Waals surface area contributed by atoms with E-state index in [1.807, 2.05) is 19.9 Å². The van der Waals surface area contributed by atoms with Gasteiger partial charge in [0.2, 0.25) is 11.8 Å². The van der Waals surface area contributed by atoms with Crippen molar-refractivity contribution in [3.63, 3.8) is 0 Å². The summed E-state index contributed by atoms with van der Waals surface area (Å²) in [6.45, 7) is 4.97. The lowest BCUT2D eigenvalue weighted by molar-refractivity contribution is 0.490. The summed E-state index contributed by atoms with van der Waals surface area (Å²) in [6.07, 6.45) is 5.27. The monoisotopic (exact) mass is 287 g/mol. The molecule has 1 saturated carbocycles. The van der Waals surface area contributed by atoms with Crippen LogP contribution in [-0.2, 0) is 12.8 Å². The predicted octanol–water partition coefficient (Wildman–Crippen LogP) is 2.08. The fourth-order valence-electron chi connectivity index (χ4n) is 2.26. The van der Waals surface area contributed by atoms with E-state index in [0.717, 1.165) is 48.8 Å². The van der Waals surface area contributed by atoms with Gasteiger partial charge in [0.15, 0.2) is 0 Å². The van der Waals surface area contributed by atoms with E-state index < -0.39 is 0 Å². The van der Waals surface area contributed by atoms with Crippen molar-refractivity contribution in [3.05, 3.63) is 23.3 Å². The number of rotatable bonds is 7. The molecule has 0 aromatic carbocycles. The van der Waals surface area contributed by atoms with Crippen molar-refractivity contribution >= 4 is 0 Å². The van der Waals surface area contributed by atoms with Gasteiger partial charge in [-0.1, -0.05) is 6.92 Å². The molecule has 112 valence electrons. The Balaban J connectivity index is 1.64. The van der Waals surface area contributed by atoms with E-state index in [2.05, 4.69) is 25.7 Å². The van der Waals surface area contributed by atoms with Gasteiger partial charge in [-0.15, -0.1) is 10.2 Å². The Morgan fingerprint density at radius 2 is 2.10 bits per heavy atom. The van der Waals surface area contributed by atoms with E-state index in [9.17, 15) is 0 Å². The van der Waals surface area contributed by atoms with Crippen LogP contribution in [0.3, 0.4) is 0 Å². The molecule has 1 aliphatic carbocycles. The van der Waals surface area contributed by atoms with E-state index in [4.69, 9.17) is 4.42 Å². The zero-order valence-corrected chi connectivity index (χ0v) is 12.6. The summed E-state index contributed by atoms with van der Waals surface area (Å²) in [5.41, 5.74) is 2.65. The van der Waals surface area contributed by atoms with Gasteiger partial charge in [0.1, 0.15) is 0 Å². The topological polar surface area (TPSA) is 76.7 Å². The lowest BCUT2D eigenvalue weighted by Gasteiger charge is -2.02. The molecule has 0 bridgehead atoms. The van der Waals surface area contributed by atoms with Gasteiger partial charge in [0.05, 0.1) is 17.0 Å². The van der Waals surface area contributed by atoms with Crippen LogP contribution in [0.2, 0.25) is 0 Å². The Morgan fingerprint density at radius 1 is 1.24 bits per heavy atom. The SMILES string of the molecule is CCc1nnc(C)cc1-c1nnc(CCCNC2CC2)o1. The first-order valence-corrected chi connectivity index (χ1v) is 7.65. The average molecular weight is 287 g/mol. The van der Waals surface area contributed by atoms with Crippen molar-refractivity contribution in [2.75, 3.05) is 6.54 Å². The molecule has 1 N–H and O–H groups in total. The smallest absolute Gasteiger partial charge is 0.249 e. The number of aromatic nitrogens is 4. The highest BCUT2D eigenvalue weighted by Gasteiger charge is 2.19. The summed E-state index contributed by atoms with van der Waals surface area (Å²) in [5, 5.41) is 20.1. The molecule has 1 fully saturated rings. The molecule has 3 rings (SSSR count). The molecule has 1 aliphatic rings. The van der Waals surface area contributed by atoms with Crippen molar-refractivity contribution in [2.45, 2.75) is 52.0 Å². The molecule has 2 aromatic rings. The number of hydrogen-bond donors (Lipinski definition) is 1. The minimum Gasteiger partial charge on any atom is -0.421 e. The number of hydrogen-bond acceptors (Lipinski definition) is 6. The first-order chi connectivity index (χ1) is 10.3. The van der Waals surface area contributed by atoms with Crippen LogP contribution >= 0.6 is 0 Å². The Hall–Kier alpha value is -1.82. The molecule has 21 heavy (non-hydrogen) atoms. The first kappa shape index (κ1) is 14.1. The molecule has 6 nitrogen and oxygen atoms in total. The zero-order chi connectivity index (χ0) is 14.7. The van der Waals surface area contributed by atoms with Crippen LogP contribution in [0.25, 0.3) is 11.5 Å². The summed E-state index contributed by atoms with van der Waals surface area (Å²) in [7, 11) is 0. The second-order valence-corrected chi connectivity index (χ2v) is 5.53. The van der Waals surface area contributed by atoms with Crippen LogP contribution in [0.4, 0.5) is 0 Å². The maximum absolute atomic E-state index is 5.77. The molecule has 0 saturated heterocycles. The fraction of sp³-hybridized carbons (Fsp3) is 0.600. The largest absolute Gasteiger partial charge is 0.421 e. The molecule has 0 radical (unpaired) electrons. The van der Waals surface area contributed by atoms with Crippen LogP contribution in [0, 0.1) is 6.92 Å². The van der Waals surface area contributed by atoms with E-state index in [1.165, 1.54) is 12.8 Å². The van der Waals surface area contributed by atoms with Crippen LogP contribution in [0.15, 0.2) is 10.5 Å². The highest BCUT2D eigenvalue weighted by atomic mass is 16.4. The van der Waals surface area contributed by atoms with Crippen molar-refractivity contribution in [3.8, 4) is 11.5 Å². The van der Waals surface area contributed by atoms with Gasteiger partial charge in [-0.25, -0.2) is 0 Å². The van der Waals surface area contributed by atoms with E-state index in [1.54, 1.807) is 0 Å². The van der Waals surface area contributed by atoms with Gasteiger partial charge in [0, 0.05) is 12.5 Å². The Kier molecular flexibility index (Phi) is 4.24. The third-order valence-corrected chi connectivity index (χ3v) is 3.60. The Morgan fingerprint density at radius 3 is 2.86 bits per heavy atom.